The molecule has 1 aromatic rings. The Labute approximate surface area is 144 Å². The summed E-state index contributed by atoms with van der Waals surface area (Å²) in [4.78, 5) is 25.5. The van der Waals surface area contributed by atoms with Crippen molar-refractivity contribution in [3.8, 4) is 0 Å². The zero-order valence-electron chi connectivity index (χ0n) is 14.6. The predicted molar refractivity (Wildman–Crippen MR) is 94.6 cm³/mol. The highest BCUT2D eigenvalue weighted by Gasteiger charge is 2.34. The van der Waals surface area contributed by atoms with E-state index in [1.165, 1.54) is 11.1 Å². The second-order valence-corrected chi connectivity index (χ2v) is 7.24. The maximum Gasteiger partial charge on any atom is 0.225 e. The Hall–Kier alpha value is -1.84. The van der Waals surface area contributed by atoms with Gasteiger partial charge < -0.3 is 10.2 Å². The van der Waals surface area contributed by atoms with E-state index in [9.17, 15) is 9.59 Å². The van der Waals surface area contributed by atoms with E-state index in [0.717, 1.165) is 51.6 Å². The second kappa shape index (κ2) is 7.82. The summed E-state index contributed by atoms with van der Waals surface area (Å²) in [5.74, 6) is 1.52. The topological polar surface area (TPSA) is 49.4 Å². The molecular weight excluding hydrogens is 300 g/mol. The molecule has 1 aromatic carbocycles. The molecule has 2 fully saturated rings. The fourth-order valence-corrected chi connectivity index (χ4v) is 3.50. The summed E-state index contributed by atoms with van der Waals surface area (Å²) >= 11 is 0. The van der Waals surface area contributed by atoms with Crippen molar-refractivity contribution in [2.45, 2.75) is 44.9 Å². The summed E-state index contributed by atoms with van der Waals surface area (Å²) in [5, 5.41) is 2.66. The third-order valence-corrected chi connectivity index (χ3v) is 5.32. The minimum atomic E-state index is 0.0894. The number of likely N-dealkylation sites (tertiary alicyclic amines) is 1. The Morgan fingerprint density at radius 3 is 2.25 bits per heavy atom. The summed E-state index contributed by atoms with van der Waals surface area (Å²) < 4.78 is 0. The highest BCUT2D eigenvalue weighted by molar-refractivity contribution is 5.81. The van der Waals surface area contributed by atoms with Crippen molar-refractivity contribution in [3.05, 3.63) is 35.4 Å². The standard InChI is InChI=1S/C20H28N2O2/c1-21-19(23)9-6-15-2-4-16(5-3-15)14-17-10-12-22(13-11-17)20(24)18-7-8-18/h2-5,17-18H,6-14H2,1H3,(H,21,23). The van der Waals surface area contributed by atoms with Gasteiger partial charge in [0, 0.05) is 32.5 Å². The Balaban J connectivity index is 1.43. The largest absolute Gasteiger partial charge is 0.359 e. The predicted octanol–water partition coefficient (Wildman–Crippen LogP) is 2.56. The smallest absolute Gasteiger partial charge is 0.225 e. The van der Waals surface area contributed by atoms with Gasteiger partial charge in [-0.3, -0.25) is 9.59 Å². The van der Waals surface area contributed by atoms with Crippen LogP contribution in [0.5, 0.6) is 0 Å². The molecule has 24 heavy (non-hydrogen) atoms. The first-order valence-electron chi connectivity index (χ1n) is 9.23. The Bertz CT molecular complexity index is 570. The third-order valence-electron chi connectivity index (χ3n) is 5.32. The second-order valence-electron chi connectivity index (χ2n) is 7.24. The molecule has 0 unspecified atom stereocenters. The molecule has 1 heterocycles. The molecule has 1 saturated carbocycles. The first-order valence-corrected chi connectivity index (χ1v) is 9.23. The molecule has 1 saturated heterocycles. The molecule has 1 N–H and O–H groups in total. The summed E-state index contributed by atoms with van der Waals surface area (Å²) in [6.45, 7) is 1.87. The van der Waals surface area contributed by atoms with Gasteiger partial charge >= 0.3 is 0 Å². The van der Waals surface area contributed by atoms with Crippen molar-refractivity contribution in [1.82, 2.24) is 10.2 Å². The van der Waals surface area contributed by atoms with Gasteiger partial charge in [-0.05, 0) is 55.6 Å². The van der Waals surface area contributed by atoms with Crippen LogP contribution in [0.15, 0.2) is 24.3 Å². The Kier molecular flexibility index (Phi) is 5.54. The van der Waals surface area contributed by atoms with Crippen molar-refractivity contribution in [2.75, 3.05) is 20.1 Å². The number of carbonyl (C=O) groups excluding carboxylic acids is 2. The molecule has 1 aliphatic heterocycles. The minimum Gasteiger partial charge on any atom is -0.359 e. The van der Waals surface area contributed by atoms with E-state index in [1.807, 2.05) is 0 Å². The number of amides is 2. The molecule has 1 aliphatic carbocycles. The van der Waals surface area contributed by atoms with E-state index >= 15 is 0 Å². The summed E-state index contributed by atoms with van der Waals surface area (Å²) in [6.07, 6.45) is 6.88. The summed E-state index contributed by atoms with van der Waals surface area (Å²) in [5.41, 5.74) is 2.58. The van der Waals surface area contributed by atoms with E-state index in [4.69, 9.17) is 0 Å². The molecule has 2 amide bonds. The number of carbonyl (C=O) groups is 2. The van der Waals surface area contributed by atoms with Gasteiger partial charge in [0.1, 0.15) is 0 Å². The van der Waals surface area contributed by atoms with Crippen molar-refractivity contribution in [2.24, 2.45) is 11.8 Å². The van der Waals surface area contributed by atoms with Gasteiger partial charge in [0.15, 0.2) is 0 Å². The van der Waals surface area contributed by atoms with Gasteiger partial charge in [0.25, 0.3) is 0 Å². The zero-order chi connectivity index (χ0) is 16.9. The molecule has 2 aliphatic rings. The van der Waals surface area contributed by atoms with E-state index in [1.54, 1.807) is 7.05 Å². The van der Waals surface area contributed by atoms with Crippen molar-refractivity contribution in [3.63, 3.8) is 0 Å². The number of piperidine rings is 1. The number of nitrogens with zero attached hydrogens (tertiary/aromatic N) is 1. The van der Waals surface area contributed by atoms with Crippen LogP contribution in [-0.2, 0) is 22.4 Å². The maximum atomic E-state index is 12.1. The summed E-state index contributed by atoms with van der Waals surface area (Å²) in [7, 11) is 1.68. The van der Waals surface area contributed by atoms with Crippen LogP contribution >= 0.6 is 0 Å². The lowest BCUT2D eigenvalue weighted by Gasteiger charge is -2.32. The Morgan fingerprint density at radius 2 is 1.67 bits per heavy atom. The Morgan fingerprint density at radius 1 is 1.04 bits per heavy atom. The highest BCUT2D eigenvalue weighted by Crippen LogP contribution is 2.32. The van der Waals surface area contributed by atoms with E-state index in [0.29, 0.717) is 24.2 Å². The molecular formula is C20H28N2O2. The van der Waals surface area contributed by atoms with Crippen LogP contribution in [-0.4, -0.2) is 36.9 Å². The molecule has 4 nitrogen and oxygen atoms in total. The number of hydrogen-bond acceptors (Lipinski definition) is 2. The van der Waals surface area contributed by atoms with Gasteiger partial charge in [-0.2, -0.15) is 0 Å². The number of nitrogens with one attached hydrogen (secondary N) is 1. The lowest BCUT2D eigenvalue weighted by atomic mass is 9.89. The number of benzene rings is 1. The SMILES string of the molecule is CNC(=O)CCc1ccc(CC2CCN(C(=O)C3CC3)CC2)cc1. The monoisotopic (exact) mass is 328 g/mol. The van der Waals surface area contributed by atoms with Gasteiger partial charge in [-0.25, -0.2) is 0 Å². The van der Waals surface area contributed by atoms with Crippen LogP contribution in [0.25, 0.3) is 0 Å². The number of aryl methyl sites for hydroxylation is 1. The third kappa shape index (κ3) is 4.59. The summed E-state index contributed by atoms with van der Waals surface area (Å²) in [6, 6.07) is 8.68. The minimum absolute atomic E-state index is 0.0894. The van der Waals surface area contributed by atoms with Crippen LogP contribution in [0.1, 0.15) is 43.2 Å². The van der Waals surface area contributed by atoms with Crippen LogP contribution in [0.4, 0.5) is 0 Å². The molecule has 4 heteroatoms. The van der Waals surface area contributed by atoms with Gasteiger partial charge in [0.05, 0.1) is 0 Å². The highest BCUT2D eigenvalue weighted by atomic mass is 16.2. The molecule has 130 valence electrons. The van der Waals surface area contributed by atoms with Crippen LogP contribution in [0.2, 0.25) is 0 Å². The first-order chi connectivity index (χ1) is 11.7. The lowest BCUT2D eigenvalue weighted by Crippen LogP contribution is -2.39. The van der Waals surface area contributed by atoms with Crippen LogP contribution in [0, 0.1) is 11.8 Å². The zero-order valence-corrected chi connectivity index (χ0v) is 14.6. The maximum absolute atomic E-state index is 12.1. The van der Waals surface area contributed by atoms with Crippen LogP contribution in [0.3, 0.4) is 0 Å². The average Bonchev–Trinajstić information content (AvgIpc) is 3.46. The van der Waals surface area contributed by atoms with Gasteiger partial charge in [-0.15, -0.1) is 0 Å². The first kappa shape index (κ1) is 17.0. The quantitative estimate of drug-likeness (QED) is 0.872. The lowest BCUT2D eigenvalue weighted by molar-refractivity contribution is -0.133. The fourth-order valence-electron chi connectivity index (χ4n) is 3.50. The fraction of sp³-hybridized carbons (Fsp3) is 0.600. The molecule has 0 aromatic heterocycles. The van der Waals surface area contributed by atoms with Gasteiger partial charge in [0.2, 0.25) is 11.8 Å². The molecule has 0 spiro atoms. The van der Waals surface area contributed by atoms with Crippen LogP contribution < -0.4 is 5.32 Å². The normalized spacial score (nSPS) is 18.5. The van der Waals surface area contributed by atoms with Gasteiger partial charge in [-0.1, -0.05) is 24.3 Å². The number of rotatable bonds is 6. The number of hydrogen-bond donors (Lipinski definition) is 1. The molecule has 0 radical (unpaired) electrons. The van der Waals surface area contributed by atoms with E-state index in [2.05, 4.69) is 34.5 Å². The van der Waals surface area contributed by atoms with Crippen molar-refractivity contribution in [1.29, 1.82) is 0 Å². The molecule has 0 bridgehead atoms. The van der Waals surface area contributed by atoms with Crippen molar-refractivity contribution < 1.29 is 9.59 Å². The van der Waals surface area contributed by atoms with Crippen molar-refractivity contribution >= 4 is 11.8 Å². The molecule has 3 rings (SSSR count). The average molecular weight is 328 g/mol. The van der Waals surface area contributed by atoms with E-state index < -0.39 is 0 Å². The van der Waals surface area contributed by atoms with E-state index in [-0.39, 0.29) is 5.91 Å². The molecule has 0 atom stereocenters.